The van der Waals surface area contributed by atoms with Gasteiger partial charge < -0.3 is 15.0 Å². The molecule has 2 rings (SSSR count). The first-order chi connectivity index (χ1) is 10.3. The number of carbonyl (C=O) groups is 1. The molecule has 1 fully saturated rings. The van der Waals surface area contributed by atoms with Crippen molar-refractivity contribution in [1.29, 1.82) is 0 Å². The maximum absolute atomic E-state index is 11.7. The van der Waals surface area contributed by atoms with Crippen LogP contribution in [0.15, 0.2) is 12.3 Å². The topological polar surface area (TPSA) is 67.4 Å². The molecule has 6 heteroatoms. The van der Waals surface area contributed by atoms with Gasteiger partial charge in [-0.1, -0.05) is 0 Å². The van der Waals surface area contributed by atoms with Gasteiger partial charge in [-0.15, -0.1) is 0 Å². The maximum atomic E-state index is 11.7. The van der Waals surface area contributed by atoms with Crippen LogP contribution in [0.2, 0.25) is 0 Å². The van der Waals surface area contributed by atoms with E-state index in [1.807, 2.05) is 33.8 Å². The number of aromatic nitrogens is 2. The second-order valence-electron chi connectivity index (χ2n) is 6.84. The van der Waals surface area contributed by atoms with Crippen molar-refractivity contribution in [2.45, 2.75) is 46.1 Å². The van der Waals surface area contributed by atoms with E-state index in [2.05, 4.69) is 20.2 Å². The van der Waals surface area contributed by atoms with Gasteiger partial charge in [-0.3, -0.25) is 0 Å². The molecule has 1 aromatic rings. The molecule has 1 aliphatic heterocycles. The molecule has 6 nitrogen and oxygen atoms in total. The number of amides is 1. The lowest BCUT2D eigenvalue weighted by Gasteiger charge is -2.33. The molecule has 0 saturated carbocycles. The Morgan fingerprint density at radius 2 is 2.27 bits per heavy atom. The Morgan fingerprint density at radius 1 is 1.50 bits per heavy atom. The van der Waals surface area contributed by atoms with Crippen LogP contribution < -0.4 is 10.2 Å². The number of nitrogens with zero attached hydrogens (tertiary/aromatic N) is 3. The van der Waals surface area contributed by atoms with E-state index < -0.39 is 5.60 Å². The maximum Gasteiger partial charge on any atom is 0.407 e. The van der Waals surface area contributed by atoms with Crippen molar-refractivity contribution in [3.8, 4) is 0 Å². The summed E-state index contributed by atoms with van der Waals surface area (Å²) in [6.45, 7) is 10.0. The number of piperidine rings is 1. The minimum absolute atomic E-state index is 0.351. The first-order valence-electron chi connectivity index (χ1n) is 7.85. The number of carbonyl (C=O) groups excluding carboxylic acids is 1. The smallest absolute Gasteiger partial charge is 0.407 e. The number of rotatable bonds is 3. The molecule has 0 aromatic carbocycles. The minimum Gasteiger partial charge on any atom is -0.444 e. The Morgan fingerprint density at radius 3 is 2.95 bits per heavy atom. The number of ether oxygens (including phenoxy) is 1. The molecule has 0 bridgehead atoms. The average molecular weight is 306 g/mol. The van der Waals surface area contributed by atoms with Crippen LogP contribution in [0, 0.1) is 12.8 Å². The van der Waals surface area contributed by atoms with Gasteiger partial charge in [0.15, 0.2) is 0 Å². The molecular weight excluding hydrogens is 280 g/mol. The van der Waals surface area contributed by atoms with Crippen LogP contribution in [0.25, 0.3) is 0 Å². The highest BCUT2D eigenvalue weighted by Gasteiger charge is 2.23. The van der Waals surface area contributed by atoms with E-state index in [0.29, 0.717) is 12.5 Å². The zero-order valence-corrected chi connectivity index (χ0v) is 13.9. The van der Waals surface area contributed by atoms with Crippen molar-refractivity contribution < 1.29 is 9.53 Å². The summed E-state index contributed by atoms with van der Waals surface area (Å²) in [6, 6.07) is 1.90. The number of hydrogen-bond acceptors (Lipinski definition) is 5. The summed E-state index contributed by atoms with van der Waals surface area (Å²) in [5.74, 6) is 1.17. The first-order valence-corrected chi connectivity index (χ1v) is 7.85. The van der Waals surface area contributed by atoms with Crippen LogP contribution in [0.4, 0.5) is 10.7 Å². The van der Waals surface area contributed by atoms with Gasteiger partial charge in [0.2, 0.25) is 5.95 Å². The second kappa shape index (κ2) is 6.94. The monoisotopic (exact) mass is 306 g/mol. The molecule has 0 spiro atoms. The summed E-state index contributed by atoms with van der Waals surface area (Å²) in [5, 5.41) is 2.86. The molecule has 1 N–H and O–H groups in total. The van der Waals surface area contributed by atoms with Gasteiger partial charge in [-0.25, -0.2) is 14.8 Å². The number of alkyl carbamates (subject to hydrolysis) is 1. The zero-order valence-electron chi connectivity index (χ0n) is 13.9. The highest BCUT2D eigenvalue weighted by atomic mass is 16.6. The van der Waals surface area contributed by atoms with Crippen molar-refractivity contribution in [2.24, 2.45) is 5.92 Å². The third kappa shape index (κ3) is 5.16. The normalized spacial score (nSPS) is 18.9. The van der Waals surface area contributed by atoms with Crippen molar-refractivity contribution in [1.82, 2.24) is 15.3 Å². The van der Waals surface area contributed by atoms with E-state index in [1.165, 1.54) is 0 Å². The number of nitrogens with one attached hydrogen (secondary N) is 1. The van der Waals surface area contributed by atoms with E-state index in [-0.39, 0.29) is 6.09 Å². The van der Waals surface area contributed by atoms with E-state index in [0.717, 1.165) is 37.6 Å². The minimum atomic E-state index is -0.460. The van der Waals surface area contributed by atoms with Crippen molar-refractivity contribution in [3.63, 3.8) is 0 Å². The number of aryl methyl sites for hydroxylation is 1. The van der Waals surface area contributed by atoms with Gasteiger partial charge in [0.05, 0.1) is 0 Å². The summed E-state index contributed by atoms with van der Waals surface area (Å²) in [6.07, 6.45) is 3.62. The lowest BCUT2D eigenvalue weighted by Crippen LogP contribution is -2.42. The summed E-state index contributed by atoms with van der Waals surface area (Å²) in [7, 11) is 0. The van der Waals surface area contributed by atoms with E-state index in [9.17, 15) is 4.79 Å². The highest BCUT2D eigenvalue weighted by Crippen LogP contribution is 2.20. The first kappa shape index (κ1) is 16.5. The fourth-order valence-corrected chi connectivity index (χ4v) is 2.54. The van der Waals surface area contributed by atoms with Crippen molar-refractivity contribution in [3.05, 3.63) is 18.0 Å². The third-order valence-electron chi connectivity index (χ3n) is 3.52. The van der Waals surface area contributed by atoms with Gasteiger partial charge in [0.1, 0.15) is 5.60 Å². The largest absolute Gasteiger partial charge is 0.444 e. The molecule has 2 heterocycles. The molecule has 0 radical (unpaired) electrons. The fraction of sp³-hybridized carbons (Fsp3) is 0.688. The van der Waals surface area contributed by atoms with Gasteiger partial charge in [-0.2, -0.15) is 0 Å². The Kier molecular flexibility index (Phi) is 5.21. The molecule has 122 valence electrons. The molecule has 1 aliphatic rings. The Balaban J connectivity index is 1.85. The van der Waals surface area contributed by atoms with Gasteiger partial charge in [0.25, 0.3) is 0 Å². The Hall–Kier alpha value is -1.85. The van der Waals surface area contributed by atoms with Gasteiger partial charge in [-0.05, 0) is 52.5 Å². The number of hydrogen-bond donors (Lipinski definition) is 1. The van der Waals surface area contributed by atoms with Crippen LogP contribution in [0.5, 0.6) is 0 Å². The lowest BCUT2D eigenvalue weighted by atomic mass is 9.98. The quantitative estimate of drug-likeness (QED) is 0.929. The molecule has 1 amide bonds. The predicted molar refractivity (Wildman–Crippen MR) is 85.9 cm³/mol. The van der Waals surface area contributed by atoms with Crippen LogP contribution >= 0.6 is 0 Å². The van der Waals surface area contributed by atoms with Crippen LogP contribution in [0.3, 0.4) is 0 Å². The molecule has 1 aromatic heterocycles. The van der Waals surface area contributed by atoms with E-state index in [1.54, 1.807) is 6.20 Å². The summed E-state index contributed by atoms with van der Waals surface area (Å²) >= 11 is 0. The van der Waals surface area contributed by atoms with Gasteiger partial charge in [0, 0.05) is 31.5 Å². The van der Waals surface area contributed by atoms with Crippen molar-refractivity contribution >= 4 is 12.0 Å². The molecule has 0 unspecified atom stereocenters. The zero-order chi connectivity index (χ0) is 16.2. The van der Waals surface area contributed by atoms with Crippen LogP contribution in [-0.4, -0.2) is 41.3 Å². The van der Waals surface area contributed by atoms with Crippen LogP contribution in [-0.2, 0) is 4.74 Å². The standard InChI is InChI=1S/C16H26N4O2/c1-12-7-8-17-14(19-12)20-9-5-6-13(11-20)10-18-15(21)22-16(2,3)4/h7-8,13H,5-6,9-11H2,1-4H3,(H,18,21)/t13-/m1/s1. The Labute approximate surface area is 132 Å². The molecule has 1 saturated heterocycles. The van der Waals surface area contributed by atoms with Crippen LogP contribution in [0.1, 0.15) is 39.3 Å². The highest BCUT2D eigenvalue weighted by molar-refractivity contribution is 5.67. The SMILES string of the molecule is Cc1ccnc(N2CCC[C@H](CNC(=O)OC(C)(C)C)C2)n1. The fourth-order valence-electron chi connectivity index (χ4n) is 2.54. The van der Waals surface area contributed by atoms with E-state index in [4.69, 9.17) is 4.74 Å². The molecule has 0 aliphatic carbocycles. The number of anilines is 1. The van der Waals surface area contributed by atoms with Gasteiger partial charge >= 0.3 is 6.09 Å². The lowest BCUT2D eigenvalue weighted by molar-refractivity contribution is 0.0517. The van der Waals surface area contributed by atoms with Crippen molar-refractivity contribution in [2.75, 3.05) is 24.5 Å². The molecule has 1 atom stereocenters. The van der Waals surface area contributed by atoms with E-state index >= 15 is 0 Å². The summed E-state index contributed by atoms with van der Waals surface area (Å²) in [4.78, 5) is 22.7. The summed E-state index contributed by atoms with van der Waals surface area (Å²) < 4.78 is 5.27. The predicted octanol–water partition coefficient (Wildman–Crippen LogP) is 2.53. The third-order valence-corrected chi connectivity index (χ3v) is 3.52. The molecular formula is C16H26N4O2. The summed E-state index contributed by atoms with van der Waals surface area (Å²) in [5.41, 5.74) is 0.511. The Bertz CT molecular complexity index is 513. The second-order valence-corrected chi connectivity index (χ2v) is 6.84. The average Bonchev–Trinajstić information content (AvgIpc) is 2.44. The molecule has 22 heavy (non-hydrogen) atoms.